The molecule has 0 unspecified atom stereocenters. The lowest BCUT2D eigenvalue weighted by atomic mass is 9.87. The normalized spacial score (nSPS) is 17.6. The zero-order valence-corrected chi connectivity index (χ0v) is 21.4. The summed E-state index contributed by atoms with van der Waals surface area (Å²) < 4.78 is 9.69. The molecule has 1 fully saturated rings. The van der Waals surface area contributed by atoms with Crippen molar-refractivity contribution >= 4 is 12.2 Å². The number of aliphatic carboxylic acids is 1. The zero-order chi connectivity index (χ0) is 26.5. The lowest BCUT2D eigenvalue weighted by molar-refractivity contribution is -0.143. The summed E-state index contributed by atoms with van der Waals surface area (Å²) in [5.41, 5.74) is 4.70. The molecular weight excluding hydrogens is 484 g/mol. The zero-order valence-electron chi connectivity index (χ0n) is 21.4. The number of carboxylic acids is 1. The van der Waals surface area contributed by atoms with Crippen LogP contribution in [0.1, 0.15) is 48.3 Å². The number of aryl methyl sites for hydroxylation is 1. The Morgan fingerprint density at radius 3 is 2.79 bits per heavy atom. The summed E-state index contributed by atoms with van der Waals surface area (Å²) in [6.45, 7) is 0.427. The third kappa shape index (κ3) is 5.77. The van der Waals surface area contributed by atoms with E-state index in [1.165, 1.54) is 5.56 Å². The van der Waals surface area contributed by atoms with Gasteiger partial charge in [-0.15, -0.1) is 10.2 Å². The van der Waals surface area contributed by atoms with Gasteiger partial charge in [0.25, 0.3) is 0 Å². The van der Waals surface area contributed by atoms with Crippen LogP contribution in [-0.4, -0.2) is 65.4 Å². The highest BCUT2D eigenvalue weighted by Crippen LogP contribution is 2.30. The van der Waals surface area contributed by atoms with Gasteiger partial charge in [0.05, 0.1) is 41.9 Å². The minimum atomic E-state index is -0.767. The summed E-state index contributed by atoms with van der Waals surface area (Å²) in [4.78, 5) is 20.4. The summed E-state index contributed by atoms with van der Waals surface area (Å²) in [5, 5.41) is 26.6. The largest absolute Gasteiger partial charge is 0.488 e. The molecule has 4 aromatic rings. The SMILES string of the molecule is CN=Cc1nc(-c2nnn(C)c2Cn2cc(Cc3ccccc3)nn2)ccc1O[C@H]1CCC[C@H](C(=O)O)C1. The van der Waals surface area contributed by atoms with Gasteiger partial charge >= 0.3 is 5.97 Å². The van der Waals surface area contributed by atoms with Crippen molar-refractivity contribution in [3.8, 4) is 17.1 Å². The molecule has 1 aliphatic rings. The standard InChI is InChI=1S/C27H30N8O3/c1-28-15-23-25(38-21-10-6-9-19(14-21)27(36)37)12-11-22(29-23)26-24(34(2)32-31-26)17-35-16-20(30-33-35)13-18-7-4-3-5-8-18/h3-5,7-8,11-12,15-16,19,21H,6,9-10,13-14,17H2,1-2H3,(H,36,37)/t19-,21-/m0/s1. The van der Waals surface area contributed by atoms with E-state index in [1.54, 1.807) is 22.6 Å². The lowest BCUT2D eigenvalue weighted by Gasteiger charge is -2.27. The van der Waals surface area contributed by atoms with E-state index in [0.29, 0.717) is 48.6 Å². The van der Waals surface area contributed by atoms with Gasteiger partial charge in [-0.2, -0.15) is 0 Å². The van der Waals surface area contributed by atoms with Crippen LogP contribution < -0.4 is 4.74 Å². The van der Waals surface area contributed by atoms with Crippen LogP contribution in [0.2, 0.25) is 0 Å². The molecule has 196 valence electrons. The fourth-order valence-corrected chi connectivity index (χ4v) is 4.77. The minimum absolute atomic E-state index is 0.175. The molecule has 0 saturated heterocycles. The molecule has 2 atom stereocenters. The first-order valence-electron chi connectivity index (χ1n) is 12.6. The number of benzene rings is 1. The average molecular weight is 515 g/mol. The lowest BCUT2D eigenvalue weighted by Crippen LogP contribution is -2.29. The maximum absolute atomic E-state index is 11.5. The van der Waals surface area contributed by atoms with Gasteiger partial charge in [-0.1, -0.05) is 40.8 Å². The van der Waals surface area contributed by atoms with Crippen LogP contribution in [-0.2, 0) is 24.8 Å². The fourth-order valence-electron chi connectivity index (χ4n) is 4.77. The molecule has 0 bridgehead atoms. The molecule has 11 heteroatoms. The Hall–Kier alpha value is -4.41. The van der Waals surface area contributed by atoms with Crippen molar-refractivity contribution in [1.82, 2.24) is 35.0 Å². The second kappa shape index (κ2) is 11.3. The summed E-state index contributed by atoms with van der Waals surface area (Å²) >= 11 is 0. The van der Waals surface area contributed by atoms with Crippen molar-refractivity contribution in [2.45, 2.75) is 44.8 Å². The van der Waals surface area contributed by atoms with Crippen LogP contribution in [0.4, 0.5) is 0 Å². The topological polar surface area (TPSA) is 133 Å². The van der Waals surface area contributed by atoms with E-state index in [0.717, 1.165) is 24.2 Å². The predicted molar refractivity (Wildman–Crippen MR) is 140 cm³/mol. The summed E-state index contributed by atoms with van der Waals surface area (Å²) in [5.74, 6) is -0.573. The van der Waals surface area contributed by atoms with Gasteiger partial charge in [0, 0.05) is 26.7 Å². The quantitative estimate of drug-likeness (QED) is 0.337. The molecule has 1 aliphatic carbocycles. The van der Waals surface area contributed by atoms with Crippen molar-refractivity contribution in [3.63, 3.8) is 0 Å². The van der Waals surface area contributed by atoms with Gasteiger partial charge in [-0.25, -0.2) is 14.3 Å². The Morgan fingerprint density at radius 2 is 2.00 bits per heavy atom. The Kier molecular flexibility index (Phi) is 7.52. The Labute approximate surface area is 220 Å². The number of rotatable bonds is 9. The number of carboxylic acid groups (broad SMARTS) is 1. The van der Waals surface area contributed by atoms with Crippen molar-refractivity contribution < 1.29 is 14.6 Å². The molecule has 0 amide bonds. The van der Waals surface area contributed by atoms with Crippen molar-refractivity contribution in [3.05, 3.63) is 71.3 Å². The monoisotopic (exact) mass is 514 g/mol. The van der Waals surface area contributed by atoms with Crippen LogP contribution in [0.5, 0.6) is 5.75 Å². The maximum atomic E-state index is 11.5. The highest BCUT2D eigenvalue weighted by atomic mass is 16.5. The molecule has 5 rings (SSSR count). The molecule has 11 nitrogen and oxygen atoms in total. The van der Waals surface area contributed by atoms with Crippen molar-refractivity contribution in [2.75, 3.05) is 7.05 Å². The van der Waals surface area contributed by atoms with Crippen LogP contribution in [0.25, 0.3) is 11.4 Å². The average Bonchev–Trinajstić information content (AvgIpc) is 3.52. The number of aromatic nitrogens is 7. The van der Waals surface area contributed by atoms with E-state index in [1.807, 2.05) is 43.6 Å². The second-order valence-electron chi connectivity index (χ2n) is 9.49. The minimum Gasteiger partial charge on any atom is -0.488 e. The predicted octanol–water partition coefficient (Wildman–Crippen LogP) is 3.18. The highest BCUT2D eigenvalue weighted by molar-refractivity contribution is 5.82. The molecule has 3 aromatic heterocycles. The number of carbonyl (C=O) groups is 1. The first kappa shape index (κ1) is 25.2. The van der Waals surface area contributed by atoms with Crippen LogP contribution in [0, 0.1) is 5.92 Å². The third-order valence-corrected chi connectivity index (χ3v) is 6.72. The first-order valence-corrected chi connectivity index (χ1v) is 12.6. The van der Waals surface area contributed by atoms with E-state index in [2.05, 4.69) is 37.7 Å². The smallest absolute Gasteiger partial charge is 0.306 e. The molecule has 38 heavy (non-hydrogen) atoms. The number of aliphatic imine (C=N–C) groups is 1. The fraction of sp³-hybridized carbons (Fsp3) is 0.370. The van der Waals surface area contributed by atoms with Gasteiger partial charge in [0.1, 0.15) is 17.1 Å². The molecule has 1 saturated carbocycles. The highest BCUT2D eigenvalue weighted by Gasteiger charge is 2.29. The van der Waals surface area contributed by atoms with E-state index < -0.39 is 5.97 Å². The van der Waals surface area contributed by atoms with Gasteiger partial charge in [-0.3, -0.25) is 9.79 Å². The number of nitrogens with zero attached hydrogens (tertiary/aromatic N) is 8. The van der Waals surface area contributed by atoms with Gasteiger partial charge in [0.15, 0.2) is 0 Å². The third-order valence-electron chi connectivity index (χ3n) is 6.72. The van der Waals surface area contributed by atoms with Crippen LogP contribution >= 0.6 is 0 Å². The number of ether oxygens (including phenoxy) is 1. The molecular formula is C27H30N8O3. The Balaban J connectivity index is 1.36. The Bertz CT molecular complexity index is 1430. The second-order valence-corrected chi connectivity index (χ2v) is 9.49. The summed E-state index contributed by atoms with van der Waals surface area (Å²) in [7, 11) is 3.51. The number of hydrogen-bond donors (Lipinski definition) is 1. The summed E-state index contributed by atoms with van der Waals surface area (Å²) in [6.07, 6.45) is 6.90. The molecule has 0 aliphatic heterocycles. The van der Waals surface area contributed by atoms with E-state index in [9.17, 15) is 9.90 Å². The molecule has 3 heterocycles. The van der Waals surface area contributed by atoms with E-state index >= 15 is 0 Å². The molecule has 1 N–H and O–H groups in total. The van der Waals surface area contributed by atoms with Crippen LogP contribution in [0.15, 0.2) is 53.7 Å². The molecule has 0 spiro atoms. The van der Waals surface area contributed by atoms with E-state index in [-0.39, 0.29) is 12.0 Å². The Morgan fingerprint density at radius 1 is 1.16 bits per heavy atom. The van der Waals surface area contributed by atoms with Crippen molar-refractivity contribution in [2.24, 2.45) is 18.0 Å². The first-order chi connectivity index (χ1) is 18.5. The molecule has 1 aromatic carbocycles. The number of pyridine rings is 1. The van der Waals surface area contributed by atoms with E-state index in [4.69, 9.17) is 9.72 Å². The van der Waals surface area contributed by atoms with Crippen LogP contribution in [0.3, 0.4) is 0 Å². The van der Waals surface area contributed by atoms with Crippen molar-refractivity contribution in [1.29, 1.82) is 0 Å². The van der Waals surface area contributed by atoms with Gasteiger partial charge in [-0.05, 0) is 43.4 Å². The van der Waals surface area contributed by atoms with Gasteiger partial charge < -0.3 is 9.84 Å². The maximum Gasteiger partial charge on any atom is 0.306 e. The number of hydrogen-bond acceptors (Lipinski definition) is 8. The molecule has 0 radical (unpaired) electrons. The summed E-state index contributed by atoms with van der Waals surface area (Å²) in [6, 6.07) is 13.8. The van der Waals surface area contributed by atoms with Gasteiger partial charge in [0.2, 0.25) is 0 Å².